The SMILES string of the molecule is CCCCCCCCCCOC(COCCOCCOCCOCCOCCOCCOCCOCCOCCOCCOCCOCCOCCOCCOCCOCCOCCOCCOCCOCCOCCOCCOC)COCC(F)(F)C(F)(F)C(F)(F)F. The maximum Gasteiger partial charge on any atom is 0.459 e. The summed E-state index contributed by atoms with van der Waals surface area (Å²) in [5.74, 6) is -11.7. The third-order valence-electron chi connectivity index (χ3n) is 12.3. The van der Waals surface area contributed by atoms with Crippen molar-refractivity contribution in [2.45, 2.75) is 82.4 Å². The van der Waals surface area contributed by atoms with Gasteiger partial charge in [-0.05, 0) is 6.42 Å². The summed E-state index contributed by atoms with van der Waals surface area (Å²) in [6.07, 6.45) is 0.778. The second-order valence-electron chi connectivity index (χ2n) is 20.2. The molecule has 32 heteroatoms. The molecule has 94 heavy (non-hydrogen) atoms. The summed E-state index contributed by atoms with van der Waals surface area (Å²) in [6, 6.07) is 0. The van der Waals surface area contributed by atoms with Crippen LogP contribution in [-0.2, 0) is 118 Å². The minimum Gasteiger partial charge on any atom is -0.382 e. The van der Waals surface area contributed by atoms with Crippen LogP contribution >= 0.6 is 0 Å². The molecule has 0 aromatic rings. The van der Waals surface area contributed by atoms with Crippen molar-refractivity contribution in [2.75, 3.05) is 324 Å². The van der Waals surface area contributed by atoms with E-state index in [1.165, 1.54) is 12.8 Å². The number of methoxy groups -OCH3 is 1. The number of ether oxygens (including phenoxy) is 25. The van der Waals surface area contributed by atoms with E-state index >= 15 is 0 Å². The van der Waals surface area contributed by atoms with E-state index in [-0.39, 0.29) is 39.6 Å². The first-order valence-electron chi connectivity index (χ1n) is 33.2. The zero-order valence-corrected chi connectivity index (χ0v) is 56.5. The quantitative estimate of drug-likeness (QED) is 0.0475. The number of alkyl halides is 7. The molecule has 1 unspecified atom stereocenters. The lowest BCUT2D eigenvalue weighted by Gasteiger charge is -2.28. The molecular formula is C62H119F7O25. The average molecular weight is 1400 g/mol. The number of hydrogen-bond acceptors (Lipinski definition) is 25. The fourth-order valence-electron chi connectivity index (χ4n) is 7.22. The second kappa shape index (κ2) is 74.2. The molecule has 0 rings (SSSR count). The summed E-state index contributed by atoms with van der Waals surface area (Å²) in [5, 5.41) is 0. The Kier molecular flexibility index (Phi) is 73.0. The van der Waals surface area contributed by atoms with Gasteiger partial charge in [0.15, 0.2) is 0 Å². The topological polar surface area (TPSA) is 231 Å². The molecular weight excluding hydrogens is 1280 g/mol. The van der Waals surface area contributed by atoms with Crippen LogP contribution < -0.4 is 0 Å². The van der Waals surface area contributed by atoms with Crippen molar-refractivity contribution in [2.24, 2.45) is 0 Å². The molecule has 0 N–H and O–H groups in total. The molecule has 0 heterocycles. The molecule has 0 saturated heterocycles. The molecule has 0 saturated carbocycles. The third-order valence-corrected chi connectivity index (χ3v) is 12.3. The molecule has 0 aliphatic heterocycles. The maximum absolute atomic E-state index is 13.7. The van der Waals surface area contributed by atoms with Crippen molar-refractivity contribution in [3.8, 4) is 0 Å². The normalized spacial score (nSPS) is 12.7. The van der Waals surface area contributed by atoms with E-state index in [2.05, 4.69) is 11.7 Å². The molecule has 0 aliphatic rings. The van der Waals surface area contributed by atoms with E-state index in [9.17, 15) is 30.7 Å². The summed E-state index contributed by atoms with van der Waals surface area (Å²) in [4.78, 5) is 0. The fourth-order valence-corrected chi connectivity index (χ4v) is 7.22. The van der Waals surface area contributed by atoms with Gasteiger partial charge in [-0.3, -0.25) is 0 Å². The first-order valence-corrected chi connectivity index (χ1v) is 33.2. The Balaban J connectivity index is 3.37. The molecule has 25 nitrogen and oxygen atoms in total. The van der Waals surface area contributed by atoms with Crippen molar-refractivity contribution in [1.29, 1.82) is 0 Å². The van der Waals surface area contributed by atoms with E-state index in [1.807, 2.05) is 0 Å². The third kappa shape index (κ3) is 67.7. The van der Waals surface area contributed by atoms with Gasteiger partial charge in [0.05, 0.1) is 304 Å². The van der Waals surface area contributed by atoms with Gasteiger partial charge >= 0.3 is 18.0 Å². The predicted molar refractivity (Wildman–Crippen MR) is 329 cm³/mol. The van der Waals surface area contributed by atoms with Gasteiger partial charge in [-0.2, -0.15) is 30.7 Å². The largest absolute Gasteiger partial charge is 0.459 e. The van der Waals surface area contributed by atoms with Gasteiger partial charge in [0, 0.05) is 13.7 Å². The summed E-state index contributed by atoms with van der Waals surface area (Å²) < 4.78 is 227. The Morgan fingerprint density at radius 2 is 0.415 bits per heavy atom. The van der Waals surface area contributed by atoms with Gasteiger partial charge in [0.1, 0.15) is 12.7 Å². The van der Waals surface area contributed by atoms with Gasteiger partial charge in [-0.25, -0.2) is 0 Å². The van der Waals surface area contributed by atoms with Crippen LogP contribution in [0, 0.1) is 0 Å². The highest BCUT2D eigenvalue weighted by Gasteiger charge is 2.73. The minimum absolute atomic E-state index is 0.0747. The Morgan fingerprint density at radius 1 is 0.223 bits per heavy atom. The van der Waals surface area contributed by atoms with Crippen molar-refractivity contribution in [3.05, 3.63) is 0 Å². The molecule has 0 amide bonds. The van der Waals surface area contributed by atoms with Gasteiger partial charge < -0.3 is 118 Å². The zero-order valence-electron chi connectivity index (χ0n) is 56.5. The summed E-state index contributed by atoms with van der Waals surface area (Å²) in [5.41, 5.74) is 0. The number of halogens is 7. The van der Waals surface area contributed by atoms with Crippen LogP contribution in [0.2, 0.25) is 0 Å². The average Bonchev–Trinajstić information content (AvgIpc) is 0.787. The van der Waals surface area contributed by atoms with Crippen LogP contribution in [-0.4, -0.2) is 348 Å². The first kappa shape index (κ1) is 92.5. The van der Waals surface area contributed by atoms with E-state index in [1.54, 1.807) is 7.11 Å². The van der Waals surface area contributed by atoms with E-state index in [0.717, 1.165) is 32.1 Å². The van der Waals surface area contributed by atoms with E-state index < -0.39 is 37.3 Å². The Morgan fingerprint density at radius 3 is 0.628 bits per heavy atom. The monoisotopic (exact) mass is 1400 g/mol. The maximum atomic E-state index is 13.7. The van der Waals surface area contributed by atoms with Crippen LogP contribution in [0.25, 0.3) is 0 Å². The molecule has 0 bridgehead atoms. The predicted octanol–water partition coefficient (Wildman–Crippen LogP) is 6.37. The summed E-state index contributed by atoms with van der Waals surface area (Å²) in [6.45, 7) is 18.7. The van der Waals surface area contributed by atoms with Gasteiger partial charge in [-0.15, -0.1) is 0 Å². The van der Waals surface area contributed by atoms with Crippen LogP contribution in [0.5, 0.6) is 0 Å². The lowest BCUT2D eigenvalue weighted by atomic mass is 10.1. The second-order valence-corrected chi connectivity index (χ2v) is 20.2. The molecule has 566 valence electrons. The van der Waals surface area contributed by atoms with Crippen molar-refractivity contribution in [1.82, 2.24) is 0 Å². The van der Waals surface area contributed by atoms with Crippen molar-refractivity contribution >= 4 is 0 Å². The van der Waals surface area contributed by atoms with Gasteiger partial charge in [0.2, 0.25) is 0 Å². The molecule has 0 fully saturated rings. The number of hydrogen-bond donors (Lipinski definition) is 0. The number of rotatable bonds is 83. The standard InChI is InChI=1S/C62H119F7O25/c1-3-4-5-6-7-8-9-10-11-94-59(57-93-58-60(63,64)61(65,66)62(67,68)69)56-92-55-54-91-53-52-90-51-50-89-49-48-88-47-46-87-45-44-86-43-42-85-41-40-84-39-38-83-37-36-82-35-34-81-33-32-80-31-30-79-29-28-78-27-26-77-25-24-76-23-22-75-21-20-74-19-18-73-17-16-72-15-14-71-13-12-70-2/h59H,3-58H2,1-2H3. The van der Waals surface area contributed by atoms with Crippen LogP contribution in [0.3, 0.4) is 0 Å². The van der Waals surface area contributed by atoms with Crippen molar-refractivity contribution < 1.29 is 149 Å². The van der Waals surface area contributed by atoms with Crippen LogP contribution in [0.15, 0.2) is 0 Å². The molecule has 0 aromatic carbocycles. The molecule has 0 aromatic heterocycles. The summed E-state index contributed by atoms with van der Waals surface area (Å²) >= 11 is 0. The Hall–Kier alpha value is -1.49. The first-order chi connectivity index (χ1) is 46.0. The van der Waals surface area contributed by atoms with E-state index in [4.69, 9.17) is 114 Å². The lowest BCUT2D eigenvalue weighted by Crippen LogP contribution is -2.54. The highest BCUT2D eigenvalue weighted by molar-refractivity contribution is 4.91. The Bertz CT molecular complexity index is 1450. The highest BCUT2D eigenvalue weighted by Crippen LogP contribution is 2.46. The Labute approximate surface area is 554 Å². The van der Waals surface area contributed by atoms with Gasteiger partial charge in [-0.1, -0.05) is 51.9 Å². The smallest absolute Gasteiger partial charge is 0.382 e. The van der Waals surface area contributed by atoms with Crippen LogP contribution in [0.4, 0.5) is 30.7 Å². The van der Waals surface area contributed by atoms with Crippen LogP contribution in [0.1, 0.15) is 58.3 Å². The molecule has 0 aliphatic carbocycles. The lowest BCUT2D eigenvalue weighted by molar-refractivity contribution is -0.361. The molecule has 1 atom stereocenters. The number of unbranched alkanes of at least 4 members (excludes halogenated alkanes) is 7. The highest BCUT2D eigenvalue weighted by atomic mass is 19.4. The molecule has 0 spiro atoms. The molecule has 0 radical (unpaired) electrons. The van der Waals surface area contributed by atoms with E-state index in [0.29, 0.717) is 271 Å². The zero-order chi connectivity index (χ0) is 68.4. The van der Waals surface area contributed by atoms with Gasteiger partial charge in [0.25, 0.3) is 0 Å². The fraction of sp³-hybridized carbons (Fsp3) is 1.00. The summed E-state index contributed by atoms with van der Waals surface area (Å²) in [7, 11) is 1.64. The van der Waals surface area contributed by atoms with Crippen molar-refractivity contribution in [3.63, 3.8) is 0 Å². The minimum atomic E-state index is -6.43.